The first kappa shape index (κ1) is 28.6. The third-order valence-electron chi connectivity index (χ3n) is 10.7. The molecule has 0 bridgehead atoms. The van der Waals surface area contributed by atoms with Crippen molar-refractivity contribution in [2.24, 2.45) is 7.05 Å². The monoisotopic (exact) mass is 600 g/mol. The Morgan fingerprint density at radius 3 is 2.35 bits per heavy atom. The molecule has 0 unspecified atom stereocenters. The third-order valence-corrected chi connectivity index (χ3v) is 10.7. The molecule has 5 heterocycles. The largest absolute Gasteiger partial charge is 0.294 e. The van der Waals surface area contributed by atoms with E-state index in [1.807, 2.05) is 0 Å². The van der Waals surface area contributed by atoms with Crippen molar-refractivity contribution < 1.29 is 9.13 Å². The van der Waals surface area contributed by atoms with Crippen LogP contribution in [0.5, 0.6) is 0 Å². The van der Waals surface area contributed by atoms with Crippen molar-refractivity contribution in [3.05, 3.63) is 150 Å². The zero-order chi connectivity index (χ0) is 31.6. The van der Waals surface area contributed by atoms with Crippen LogP contribution in [-0.2, 0) is 19.0 Å². The van der Waals surface area contributed by atoms with Crippen molar-refractivity contribution in [1.29, 1.82) is 0 Å². The minimum absolute atomic E-state index is 0.141. The summed E-state index contributed by atoms with van der Waals surface area (Å²) in [5.41, 5.74) is 10.4. The second-order valence-electron chi connectivity index (χ2n) is 13.1. The van der Waals surface area contributed by atoms with Gasteiger partial charge in [0.2, 0.25) is 6.71 Å². The summed E-state index contributed by atoms with van der Waals surface area (Å²) in [7, 11) is 2.17. The van der Waals surface area contributed by atoms with Crippen LogP contribution in [0.1, 0.15) is 43.4 Å². The molecule has 6 aromatic rings. The van der Waals surface area contributed by atoms with E-state index in [4.69, 9.17) is 0 Å². The van der Waals surface area contributed by atoms with Gasteiger partial charge in [0.25, 0.3) is 11.5 Å². The fourth-order valence-electron chi connectivity index (χ4n) is 8.29. The second kappa shape index (κ2) is 10.9. The van der Waals surface area contributed by atoms with Gasteiger partial charge in [0, 0.05) is 28.8 Å². The average molecular weight is 601 g/mol. The molecule has 0 N–H and O–H groups in total. The number of allylic oxidation sites excluding steroid dienone is 2. The maximum Gasteiger partial charge on any atom is 0.294 e. The number of aromatic nitrogens is 3. The molecule has 2 aliphatic heterocycles. The SMILES string of the molecule is CCC1(CC)C=C(Cc2cccc3c4ccccc4n4cc[n+](C)c4c23)C2=CB(c3c(C)cccc3C)C=CN2c2cccc[n+]21. The van der Waals surface area contributed by atoms with Gasteiger partial charge in [-0.1, -0.05) is 103 Å². The molecule has 2 aliphatic rings. The molecule has 0 saturated heterocycles. The van der Waals surface area contributed by atoms with Crippen LogP contribution in [0.4, 0.5) is 5.82 Å². The highest BCUT2D eigenvalue weighted by Gasteiger charge is 2.42. The van der Waals surface area contributed by atoms with Crippen molar-refractivity contribution in [2.75, 3.05) is 4.90 Å². The molecule has 4 nitrogen and oxygen atoms in total. The summed E-state index contributed by atoms with van der Waals surface area (Å²) in [4.78, 5) is 2.44. The highest BCUT2D eigenvalue weighted by atomic mass is 15.3. The smallest absolute Gasteiger partial charge is 0.232 e. The molecule has 0 aliphatic carbocycles. The van der Waals surface area contributed by atoms with Gasteiger partial charge in [-0.05, 0) is 50.5 Å². The highest BCUT2D eigenvalue weighted by Crippen LogP contribution is 2.39. The van der Waals surface area contributed by atoms with Crippen LogP contribution < -0.4 is 19.5 Å². The lowest BCUT2D eigenvalue weighted by Crippen LogP contribution is -2.56. The molecule has 0 fully saturated rings. The summed E-state index contributed by atoms with van der Waals surface area (Å²) in [5, 5.41) is 3.92. The molecule has 0 saturated carbocycles. The number of para-hydroxylation sites is 1. The number of imidazole rings is 1. The van der Waals surface area contributed by atoms with Gasteiger partial charge in [-0.3, -0.25) is 0 Å². The van der Waals surface area contributed by atoms with E-state index < -0.39 is 0 Å². The predicted molar refractivity (Wildman–Crippen MR) is 192 cm³/mol. The summed E-state index contributed by atoms with van der Waals surface area (Å²) in [5.74, 6) is 6.12. The summed E-state index contributed by atoms with van der Waals surface area (Å²) >= 11 is 0. The van der Waals surface area contributed by atoms with E-state index >= 15 is 0 Å². The van der Waals surface area contributed by atoms with Crippen LogP contribution in [0.2, 0.25) is 0 Å². The van der Waals surface area contributed by atoms with Gasteiger partial charge in [-0.25, -0.2) is 14.0 Å². The molecular formula is C41H41BN4+2. The number of anilines is 1. The minimum atomic E-state index is -0.141. The maximum absolute atomic E-state index is 2.61. The number of nitrogens with zero attached hydrogens (tertiary/aromatic N) is 4. The first-order chi connectivity index (χ1) is 22.4. The van der Waals surface area contributed by atoms with Crippen molar-refractivity contribution in [2.45, 2.75) is 52.5 Å². The number of hydrogen-bond acceptors (Lipinski definition) is 1. The molecule has 0 radical (unpaired) electrons. The van der Waals surface area contributed by atoms with Crippen molar-refractivity contribution in [1.82, 2.24) is 4.40 Å². The zero-order valence-electron chi connectivity index (χ0n) is 27.5. The normalized spacial score (nSPS) is 15.6. The fourth-order valence-corrected chi connectivity index (χ4v) is 8.29. The van der Waals surface area contributed by atoms with E-state index in [1.165, 1.54) is 66.6 Å². The third kappa shape index (κ3) is 4.21. The average Bonchev–Trinajstić information content (AvgIpc) is 3.43. The summed E-state index contributed by atoms with van der Waals surface area (Å²) in [6.45, 7) is 9.37. The maximum atomic E-state index is 2.61. The fraction of sp³-hybridized carbons (Fsp3) is 0.220. The Labute approximate surface area is 272 Å². The Bertz CT molecular complexity index is 2250. The molecule has 0 amide bonds. The standard InChI is InChI=1S/C41H41BN4/c1-6-41(7-2)27-32(26-31-16-13-18-34-33-17-8-9-19-35(33)45-25-24-43(5)40(45)38(31)34)36-28-42(39-29(3)14-12-15-30(39)4)21-23-44(36)37-20-10-11-22-46(37)41/h8-25,27-28H,6-7,26H2,1-5H3/q+2. The topological polar surface area (TPSA) is 15.4 Å². The van der Waals surface area contributed by atoms with Crippen LogP contribution in [-0.4, -0.2) is 11.1 Å². The first-order valence-electron chi connectivity index (χ1n) is 16.7. The second-order valence-corrected chi connectivity index (χ2v) is 13.1. The number of benzene rings is 3. The van der Waals surface area contributed by atoms with Gasteiger partial charge in [0.05, 0.1) is 24.8 Å². The van der Waals surface area contributed by atoms with Gasteiger partial charge in [0.1, 0.15) is 29.1 Å². The van der Waals surface area contributed by atoms with Crippen LogP contribution in [0.15, 0.2) is 133 Å². The van der Waals surface area contributed by atoms with E-state index in [2.05, 4.69) is 175 Å². The summed E-state index contributed by atoms with van der Waals surface area (Å²) in [6, 6.07) is 29.0. The van der Waals surface area contributed by atoms with Crippen LogP contribution >= 0.6 is 0 Å². The van der Waals surface area contributed by atoms with Gasteiger partial charge < -0.3 is 0 Å². The van der Waals surface area contributed by atoms with E-state index in [-0.39, 0.29) is 12.3 Å². The number of hydrogen-bond donors (Lipinski definition) is 0. The lowest BCUT2D eigenvalue weighted by molar-refractivity contribution is -0.741. The van der Waals surface area contributed by atoms with Crippen LogP contribution in [0.3, 0.4) is 0 Å². The predicted octanol–water partition coefficient (Wildman–Crippen LogP) is 7.37. The molecule has 226 valence electrons. The lowest BCUT2D eigenvalue weighted by atomic mass is 9.42. The quantitative estimate of drug-likeness (QED) is 0.115. The van der Waals surface area contributed by atoms with Crippen LogP contribution in [0, 0.1) is 13.8 Å². The molecule has 0 atom stereocenters. The molecule has 8 rings (SSSR count). The van der Waals surface area contributed by atoms with Gasteiger partial charge in [0.15, 0.2) is 0 Å². The Balaban J connectivity index is 1.40. The van der Waals surface area contributed by atoms with E-state index in [1.54, 1.807) is 0 Å². The van der Waals surface area contributed by atoms with Crippen molar-refractivity contribution in [3.63, 3.8) is 0 Å². The van der Waals surface area contributed by atoms with Crippen molar-refractivity contribution >= 4 is 45.3 Å². The van der Waals surface area contributed by atoms with E-state index in [0.29, 0.717) is 0 Å². The Kier molecular flexibility index (Phi) is 6.75. The first-order valence-corrected chi connectivity index (χ1v) is 16.7. The molecule has 46 heavy (non-hydrogen) atoms. The molecule has 3 aromatic carbocycles. The van der Waals surface area contributed by atoms with Gasteiger partial charge in [-0.15, -0.1) is 0 Å². The van der Waals surface area contributed by atoms with Crippen LogP contribution in [0.25, 0.3) is 27.3 Å². The number of rotatable bonds is 5. The molecular weight excluding hydrogens is 559 g/mol. The van der Waals surface area contributed by atoms with Gasteiger partial charge >= 0.3 is 0 Å². The Morgan fingerprint density at radius 2 is 1.54 bits per heavy atom. The highest BCUT2D eigenvalue weighted by molar-refractivity contribution is 6.83. The number of pyridine rings is 2. The minimum Gasteiger partial charge on any atom is -0.232 e. The summed E-state index contributed by atoms with van der Waals surface area (Å²) < 4.78 is 7.15. The Morgan fingerprint density at radius 1 is 0.804 bits per heavy atom. The van der Waals surface area contributed by atoms with E-state index in [0.717, 1.165) is 19.3 Å². The number of fused-ring (bicyclic) bond motifs is 9. The molecule has 3 aromatic heterocycles. The molecule has 0 spiro atoms. The zero-order valence-corrected chi connectivity index (χ0v) is 27.5. The van der Waals surface area contributed by atoms with Gasteiger partial charge in [-0.2, -0.15) is 4.40 Å². The Hall–Kier alpha value is -4.90. The van der Waals surface area contributed by atoms with E-state index in [9.17, 15) is 0 Å². The number of aryl methyl sites for hydroxylation is 3. The lowest BCUT2D eigenvalue weighted by Gasteiger charge is -2.28. The molecule has 5 heteroatoms. The summed E-state index contributed by atoms with van der Waals surface area (Å²) in [6.07, 6.45) is 14.5. The van der Waals surface area contributed by atoms with Crippen molar-refractivity contribution in [3.8, 4) is 0 Å².